The maximum Gasteiger partial charge on any atom is 0.250 e. The van der Waals surface area contributed by atoms with Crippen LogP contribution in [0.1, 0.15) is 5.56 Å². The first kappa shape index (κ1) is 17.1. The molecule has 0 saturated carbocycles. The molecule has 1 amide bonds. The highest BCUT2D eigenvalue weighted by molar-refractivity contribution is 7.80. The molecule has 124 valence electrons. The highest BCUT2D eigenvalue weighted by Gasteiger charge is 2.02. The molecule has 3 nitrogen and oxygen atoms in total. The molecule has 0 saturated heterocycles. The van der Waals surface area contributed by atoms with E-state index in [-0.39, 0.29) is 11.0 Å². The van der Waals surface area contributed by atoms with Crippen LogP contribution in [-0.4, -0.2) is 11.0 Å². The Morgan fingerprint density at radius 3 is 2.48 bits per heavy atom. The van der Waals surface area contributed by atoms with Crippen LogP contribution in [0.25, 0.3) is 16.8 Å². The number of anilines is 1. The minimum absolute atomic E-state index is 0.231. The average Bonchev–Trinajstić information content (AvgIpc) is 2.62. The van der Waals surface area contributed by atoms with Crippen molar-refractivity contribution in [2.75, 3.05) is 5.32 Å². The molecule has 0 radical (unpaired) electrons. The number of benzene rings is 3. The lowest BCUT2D eigenvalue weighted by molar-refractivity contribution is -0.115. The number of halogens is 1. The number of thiocarbonyl (C=S) groups is 1. The van der Waals surface area contributed by atoms with Gasteiger partial charge in [-0.2, -0.15) is 0 Å². The van der Waals surface area contributed by atoms with Gasteiger partial charge in [-0.3, -0.25) is 10.1 Å². The van der Waals surface area contributed by atoms with Crippen LogP contribution in [0.3, 0.4) is 0 Å². The Kier molecular flexibility index (Phi) is 5.43. The number of carbonyl (C=O) groups excluding carboxylic acids is 1. The van der Waals surface area contributed by atoms with Gasteiger partial charge in [0.25, 0.3) is 0 Å². The SMILES string of the molecule is O=C(C=Cc1cccc2ccccc12)NC(=S)Nc1ccc(Cl)cc1. The Balaban J connectivity index is 1.64. The Morgan fingerprint density at radius 2 is 1.68 bits per heavy atom. The lowest BCUT2D eigenvalue weighted by atomic mass is 10.0. The summed E-state index contributed by atoms with van der Waals surface area (Å²) in [6.07, 6.45) is 3.25. The zero-order chi connectivity index (χ0) is 17.6. The van der Waals surface area contributed by atoms with Crippen LogP contribution < -0.4 is 10.6 Å². The number of hydrogen-bond donors (Lipinski definition) is 2. The topological polar surface area (TPSA) is 41.1 Å². The fourth-order valence-corrected chi connectivity index (χ4v) is 2.75. The van der Waals surface area contributed by atoms with Crippen molar-refractivity contribution in [3.05, 3.63) is 83.4 Å². The van der Waals surface area contributed by atoms with Gasteiger partial charge in [-0.1, -0.05) is 54.1 Å². The average molecular weight is 367 g/mol. The van der Waals surface area contributed by atoms with Gasteiger partial charge in [-0.05, 0) is 58.9 Å². The smallest absolute Gasteiger partial charge is 0.250 e. The van der Waals surface area contributed by atoms with Gasteiger partial charge in [0.15, 0.2) is 5.11 Å². The van der Waals surface area contributed by atoms with Gasteiger partial charge < -0.3 is 5.32 Å². The van der Waals surface area contributed by atoms with E-state index in [2.05, 4.69) is 10.6 Å². The van der Waals surface area contributed by atoms with Gasteiger partial charge in [0.2, 0.25) is 5.91 Å². The fourth-order valence-electron chi connectivity index (χ4n) is 2.41. The molecule has 0 aliphatic carbocycles. The summed E-state index contributed by atoms with van der Waals surface area (Å²) in [4.78, 5) is 12.1. The van der Waals surface area contributed by atoms with E-state index in [0.717, 1.165) is 22.0 Å². The number of nitrogens with one attached hydrogen (secondary N) is 2. The molecule has 2 N–H and O–H groups in total. The van der Waals surface area contributed by atoms with E-state index in [1.807, 2.05) is 42.5 Å². The molecule has 5 heteroatoms. The van der Waals surface area contributed by atoms with Crippen molar-refractivity contribution in [1.29, 1.82) is 0 Å². The highest BCUT2D eigenvalue weighted by Crippen LogP contribution is 2.19. The lowest BCUT2D eigenvalue weighted by Gasteiger charge is -2.08. The predicted molar refractivity (Wildman–Crippen MR) is 109 cm³/mol. The molecular formula is C20H15ClN2OS. The summed E-state index contributed by atoms with van der Waals surface area (Å²) >= 11 is 11.0. The molecule has 0 atom stereocenters. The van der Waals surface area contributed by atoms with Crippen LogP contribution >= 0.6 is 23.8 Å². The summed E-state index contributed by atoms with van der Waals surface area (Å²) in [5, 5.41) is 8.65. The summed E-state index contributed by atoms with van der Waals surface area (Å²) < 4.78 is 0. The number of carbonyl (C=O) groups is 1. The van der Waals surface area contributed by atoms with Gasteiger partial charge in [0.1, 0.15) is 0 Å². The summed E-state index contributed by atoms with van der Waals surface area (Å²) in [6, 6.07) is 21.1. The van der Waals surface area contributed by atoms with Gasteiger partial charge in [-0.15, -0.1) is 0 Å². The van der Waals surface area contributed by atoms with Crippen LogP contribution in [0.15, 0.2) is 72.8 Å². The molecule has 0 aromatic heterocycles. The molecule has 3 aromatic carbocycles. The first-order chi connectivity index (χ1) is 12.1. The second kappa shape index (κ2) is 7.92. The van der Waals surface area contributed by atoms with E-state index < -0.39 is 0 Å². The first-order valence-electron chi connectivity index (χ1n) is 7.65. The van der Waals surface area contributed by atoms with Crippen LogP contribution in [0.2, 0.25) is 5.02 Å². The molecule has 0 heterocycles. The number of amides is 1. The van der Waals surface area contributed by atoms with Crippen molar-refractivity contribution in [3.63, 3.8) is 0 Å². The third-order valence-corrected chi connectivity index (χ3v) is 4.03. The molecule has 0 spiro atoms. The Hall–Kier alpha value is -2.69. The monoisotopic (exact) mass is 366 g/mol. The summed E-state index contributed by atoms with van der Waals surface area (Å²) in [7, 11) is 0. The Labute approximate surface area is 156 Å². The summed E-state index contributed by atoms with van der Waals surface area (Å²) in [6.45, 7) is 0. The number of hydrogen-bond acceptors (Lipinski definition) is 2. The Morgan fingerprint density at radius 1 is 0.960 bits per heavy atom. The molecule has 25 heavy (non-hydrogen) atoms. The third kappa shape index (κ3) is 4.66. The van der Waals surface area contributed by atoms with Gasteiger partial charge in [-0.25, -0.2) is 0 Å². The Bertz CT molecular complexity index is 946. The minimum Gasteiger partial charge on any atom is -0.332 e. The van der Waals surface area contributed by atoms with E-state index in [1.54, 1.807) is 30.3 Å². The number of fused-ring (bicyclic) bond motifs is 1. The van der Waals surface area contributed by atoms with Crippen molar-refractivity contribution in [2.24, 2.45) is 0 Å². The first-order valence-corrected chi connectivity index (χ1v) is 8.44. The molecular weight excluding hydrogens is 352 g/mol. The van der Waals surface area contributed by atoms with Crippen molar-refractivity contribution in [1.82, 2.24) is 5.32 Å². The molecule has 0 bridgehead atoms. The lowest BCUT2D eigenvalue weighted by Crippen LogP contribution is -2.32. The van der Waals surface area contributed by atoms with E-state index in [1.165, 1.54) is 6.08 Å². The van der Waals surface area contributed by atoms with Crippen LogP contribution in [-0.2, 0) is 4.79 Å². The van der Waals surface area contributed by atoms with Gasteiger partial charge in [0, 0.05) is 16.8 Å². The third-order valence-electron chi connectivity index (χ3n) is 3.58. The predicted octanol–water partition coefficient (Wildman–Crippen LogP) is 5.02. The summed E-state index contributed by atoms with van der Waals surface area (Å²) in [5.41, 5.74) is 1.73. The highest BCUT2D eigenvalue weighted by atomic mass is 35.5. The molecule has 0 fully saturated rings. The van der Waals surface area contributed by atoms with Gasteiger partial charge in [0.05, 0.1) is 0 Å². The summed E-state index contributed by atoms with van der Waals surface area (Å²) in [5.74, 6) is -0.292. The largest absolute Gasteiger partial charge is 0.332 e. The normalized spacial score (nSPS) is 10.8. The molecule has 0 unspecified atom stereocenters. The van der Waals surface area contributed by atoms with Gasteiger partial charge >= 0.3 is 0 Å². The van der Waals surface area contributed by atoms with E-state index >= 15 is 0 Å². The van der Waals surface area contributed by atoms with Crippen molar-refractivity contribution >= 4 is 57.4 Å². The zero-order valence-electron chi connectivity index (χ0n) is 13.2. The zero-order valence-corrected chi connectivity index (χ0v) is 14.8. The second-order valence-electron chi connectivity index (χ2n) is 5.35. The molecule has 0 aliphatic rings. The molecule has 0 aliphatic heterocycles. The molecule has 3 aromatic rings. The standard InChI is InChI=1S/C20H15ClN2OS/c21-16-9-11-17(12-10-16)22-20(25)23-19(24)13-8-15-6-3-5-14-4-1-2-7-18(14)15/h1-13H,(H2,22,23,24,25). The maximum atomic E-state index is 12.1. The minimum atomic E-state index is -0.292. The van der Waals surface area contributed by atoms with E-state index in [4.69, 9.17) is 23.8 Å². The van der Waals surface area contributed by atoms with Crippen LogP contribution in [0.5, 0.6) is 0 Å². The second-order valence-corrected chi connectivity index (χ2v) is 6.20. The van der Waals surface area contributed by atoms with Crippen molar-refractivity contribution < 1.29 is 4.79 Å². The van der Waals surface area contributed by atoms with Crippen molar-refractivity contribution in [3.8, 4) is 0 Å². The molecule has 3 rings (SSSR count). The van der Waals surface area contributed by atoms with Crippen LogP contribution in [0.4, 0.5) is 5.69 Å². The van der Waals surface area contributed by atoms with E-state index in [0.29, 0.717) is 5.02 Å². The van der Waals surface area contributed by atoms with Crippen LogP contribution in [0, 0.1) is 0 Å². The van der Waals surface area contributed by atoms with Crippen molar-refractivity contribution in [2.45, 2.75) is 0 Å². The van der Waals surface area contributed by atoms with E-state index in [9.17, 15) is 4.79 Å². The maximum absolute atomic E-state index is 12.1. The fraction of sp³-hybridized carbons (Fsp3) is 0. The number of rotatable bonds is 3. The quantitative estimate of drug-likeness (QED) is 0.505.